The van der Waals surface area contributed by atoms with Gasteiger partial charge in [-0.1, -0.05) is 23.7 Å². The van der Waals surface area contributed by atoms with Crippen molar-refractivity contribution in [3.63, 3.8) is 0 Å². The summed E-state index contributed by atoms with van der Waals surface area (Å²) >= 11 is 5.99. The lowest BCUT2D eigenvalue weighted by Gasteiger charge is -2.04. The van der Waals surface area contributed by atoms with Crippen LogP contribution in [0.1, 0.15) is 24.0 Å². The van der Waals surface area contributed by atoms with Gasteiger partial charge >= 0.3 is 0 Å². The number of rotatable bonds is 5. The average Bonchev–Trinajstić information content (AvgIpc) is 3.08. The summed E-state index contributed by atoms with van der Waals surface area (Å²) < 4.78 is 2.20. The second kappa shape index (κ2) is 5.17. The van der Waals surface area contributed by atoms with Gasteiger partial charge in [-0.15, -0.1) is 0 Å². The molecule has 1 aliphatic carbocycles. The molecule has 94 valence electrons. The molecule has 0 aliphatic heterocycles. The predicted molar refractivity (Wildman–Crippen MR) is 74.8 cm³/mol. The summed E-state index contributed by atoms with van der Waals surface area (Å²) in [5.41, 5.74) is 2.59. The van der Waals surface area contributed by atoms with Crippen molar-refractivity contribution in [3.05, 3.63) is 58.9 Å². The van der Waals surface area contributed by atoms with E-state index in [4.69, 9.17) is 11.6 Å². The highest BCUT2D eigenvalue weighted by molar-refractivity contribution is 6.30. The molecule has 0 atom stereocenters. The minimum absolute atomic E-state index is 0.765. The molecule has 1 aliphatic rings. The lowest BCUT2D eigenvalue weighted by atomic mass is 10.2. The van der Waals surface area contributed by atoms with Gasteiger partial charge in [-0.3, -0.25) is 0 Å². The van der Waals surface area contributed by atoms with Crippen molar-refractivity contribution in [2.75, 3.05) is 0 Å². The Hall–Kier alpha value is -1.25. The van der Waals surface area contributed by atoms with E-state index in [1.54, 1.807) is 0 Å². The Kier molecular flexibility index (Phi) is 3.39. The van der Waals surface area contributed by atoms with Crippen LogP contribution in [0.25, 0.3) is 0 Å². The third-order valence-corrected chi connectivity index (χ3v) is 3.47. The van der Waals surface area contributed by atoms with E-state index in [0.717, 1.165) is 24.2 Å². The summed E-state index contributed by atoms with van der Waals surface area (Å²) in [4.78, 5) is 0. The molecule has 3 heteroatoms. The summed E-state index contributed by atoms with van der Waals surface area (Å²) in [7, 11) is 0. The monoisotopic (exact) mass is 260 g/mol. The number of aromatic nitrogens is 1. The largest absolute Gasteiger partial charge is 0.350 e. The predicted octanol–water partition coefficient (Wildman–Crippen LogP) is 3.44. The maximum Gasteiger partial charge on any atom is 0.0470 e. The molecule has 1 aromatic heterocycles. The Bertz CT molecular complexity index is 529. The Labute approximate surface area is 113 Å². The van der Waals surface area contributed by atoms with E-state index in [2.05, 4.69) is 34.4 Å². The second-order valence-electron chi connectivity index (χ2n) is 4.98. The standard InChI is InChI=1S/C15H17ClN2/c16-14-3-1-2-12(8-14)10-18-7-6-13(11-18)9-17-15-4-5-15/h1-3,6-8,11,15,17H,4-5,9-10H2. The van der Waals surface area contributed by atoms with Gasteiger partial charge in [0, 0.05) is 36.5 Å². The van der Waals surface area contributed by atoms with Gasteiger partial charge in [-0.25, -0.2) is 0 Å². The zero-order chi connectivity index (χ0) is 12.4. The highest BCUT2D eigenvalue weighted by Crippen LogP contribution is 2.19. The Morgan fingerprint density at radius 3 is 2.89 bits per heavy atom. The molecule has 0 bridgehead atoms. The van der Waals surface area contributed by atoms with E-state index in [0.29, 0.717) is 0 Å². The lowest BCUT2D eigenvalue weighted by Crippen LogP contribution is -2.14. The summed E-state index contributed by atoms with van der Waals surface area (Å²) in [6.07, 6.45) is 7.01. The van der Waals surface area contributed by atoms with E-state index >= 15 is 0 Å². The van der Waals surface area contributed by atoms with Crippen molar-refractivity contribution < 1.29 is 0 Å². The topological polar surface area (TPSA) is 17.0 Å². The Morgan fingerprint density at radius 1 is 1.22 bits per heavy atom. The van der Waals surface area contributed by atoms with Crippen LogP contribution in [0.15, 0.2) is 42.7 Å². The molecule has 0 unspecified atom stereocenters. The van der Waals surface area contributed by atoms with Gasteiger partial charge in [0.05, 0.1) is 0 Å². The van der Waals surface area contributed by atoms with Crippen LogP contribution >= 0.6 is 11.6 Å². The van der Waals surface area contributed by atoms with E-state index in [1.807, 2.05) is 18.2 Å². The molecule has 1 fully saturated rings. The average molecular weight is 261 g/mol. The van der Waals surface area contributed by atoms with E-state index < -0.39 is 0 Å². The van der Waals surface area contributed by atoms with E-state index in [-0.39, 0.29) is 0 Å². The van der Waals surface area contributed by atoms with E-state index in [1.165, 1.54) is 24.0 Å². The van der Waals surface area contributed by atoms with Crippen LogP contribution in [0.2, 0.25) is 5.02 Å². The third-order valence-electron chi connectivity index (χ3n) is 3.24. The van der Waals surface area contributed by atoms with Gasteiger partial charge < -0.3 is 9.88 Å². The van der Waals surface area contributed by atoms with Crippen LogP contribution in [0.3, 0.4) is 0 Å². The van der Waals surface area contributed by atoms with Gasteiger partial charge in [0.2, 0.25) is 0 Å². The molecule has 2 nitrogen and oxygen atoms in total. The summed E-state index contributed by atoms with van der Waals surface area (Å²) in [5.74, 6) is 0. The quantitative estimate of drug-likeness (QED) is 0.871. The molecule has 1 aromatic carbocycles. The number of nitrogens with one attached hydrogen (secondary N) is 1. The number of halogens is 1. The normalized spacial score (nSPS) is 14.9. The van der Waals surface area contributed by atoms with Crippen molar-refractivity contribution in [2.45, 2.75) is 32.0 Å². The van der Waals surface area contributed by atoms with Crippen LogP contribution in [0.4, 0.5) is 0 Å². The van der Waals surface area contributed by atoms with Gasteiger partial charge in [0.1, 0.15) is 0 Å². The number of nitrogens with zero attached hydrogens (tertiary/aromatic N) is 1. The SMILES string of the molecule is Clc1cccc(Cn2ccc(CNC3CC3)c2)c1. The number of benzene rings is 1. The van der Waals surface area contributed by atoms with Crippen LogP contribution in [-0.2, 0) is 13.1 Å². The molecule has 18 heavy (non-hydrogen) atoms. The molecular formula is C15H17ClN2. The molecule has 1 N–H and O–H groups in total. The molecule has 3 rings (SSSR count). The molecular weight excluding hydrogens is 244 g/mol. The van der Waals surface area contributed by atoms with Gasteiger partial charge in [-0.05, 0) is 42.2 Å². The first-order valence-corrected chi connectivity index (χ1v) is 6.80. The van der Waals surface area contributed by atoms with Crippen molar-refractivity contribution >= 4 is 11.6 Å². The fourth-order valence-electron chi connectivity index (χ4n) is 2.09. The highest BCUT2D eigenvalue weighted by Gasteiger charge is 2.19. The summed E-state index contributed by atoms with van der Waals surface area (Å²) in [5, 5.41) is 4.33. The van der Waals surface area contributed by atoms with Crippen molar-refractivity contribution in [3.8, 4) is 0 Å². The molecule has 0 radical (unpaired) electrons. The molecule has 2 aromatic rings. The van der Waals surface area contributed by atoms with Gasteiger partial charge in [0.15, 0.2) is 0 Å². The van der Waals surface area contributed by atoms with Crippen molar-refractivity contribution in [1.29, 1.82) is 0 Å². The minimum atomic E-state index is 0.765. The van der Waals surface area contributed by atoms with Crippen molar-refractivity contribution in [2.24, 2.45) is 0 Å². The molecule has 0 amide bonds. The van der Waals surface area contributed by atoms with Crippen LogP contribution in [-0.4, -0.2) is 10.6 Å². The Morgan fingerprint density at radius 2 is 2.11 bits per heavy atom. The summed E-state index contributed by atoms with van der Waals surface area (Å²) in [6, 6.07) is 11.0. The maximum absolute atomic E-state index is 5.99. The zero-order valence-corrected chi connectivity index (χ0v) is 11.0. The molecule has 0 spiro atoms. The maximum atomic E-state index is 5.99. The van der Waals surface area contributed by atoms with Crippen LogP contribution in [0, 0.1) is 0 Å². The highest BCUT2D eigenvalue weighted by atomic mass is 35.5. The first-order chi connectivity index (χ1) is 8.79. The Balaban J connectivity index is 1.61. The van der Waals surface area contributed by atoms with Gasteiger partial charge in [0.25, 0.3) is 0 Å². The van der Waals surface area contributed by atoms with Crippen LogP contribution in [0.5, 0.6) is 0 Å². The first-order valence-electron chi connectivity index (χ1n) is 6.42. The van der Waals surface area contributed by atoms with Crippen LogP contribution < -0.4 is 5.32 Å². The summed E-state index contributed by atoms with van der Waals surface area (Å²) in [6.45, 7) is 1.86. The van der Waals surface area contributed by atoms with Crippen molar-refractivity contribution in [1.82, 2.24) is 9.88 Å². The fourth-order valence-corrected chi connectivity index (χ4v) is 2.30. The number of hydrogen-bond acceptors (Lipinski definition) is 1. The fraction of sp³-hybridized carbons (Fsp3) is 0.333. The lowest BCUT2D eigenvalue weighted by molar-refractivity contribution is 0.685. The smallest absolute Gasteiger partial charge is 0.0470 e. The zero-order valence-electron chi connectivity index (χ0n) is 10.3. The molecule has 1 heterocycles. The molecule has 0 saturated heterocycles. The number of hydrogen-bond donors (Lipinski definition) is 1. The third kappa shape index (κ3) is 3.15. The molecule has 1 saturated carbocycles. The second-order valence-corrected chi connectivity index (χ2v) is 5.41. The minimum Gasteiger partial charge on any atom is -0.350 e. The van der Waals surface area contributed by atoms with Gasteiger partial charge in [-0.2, -0.15) is 0 Å². The first kappa shape index (κ1) is 11.8. The van der Waals surface area contributed by atoms with E-state index in [9.17, 15) is 0 Å².